The first-order chi connectivity index (χ1) is 15.8. The fourth-order valence-electron chi connectivity index (χ4n) is 4.27. The standard InChI is InChI=1S/C24H20N2O7/c1-11-14(10-25-26(11)2)13-7-21(30)32-20-9-17(29)23-16(28)8-19(33-24(23)22(13)20)12-4-5-18(31-3)15(27)6-12/h4-6,8-10,13,27,29H,7H2,1-3H3/t13-/m1/s1. The molecule has 3 heterocycles. The maximum Gasteiger partial charge on any atom is 0.312 e. The Balaban J connectivity index is 1.81. The van der Waals surface area contributed by atoms with Gasteiger partial charge in [-0.2, -0.15) is 5.10 Å². The van der Waals surface area contributed by atoms with E-state index < -0.39 is 17.3 Å². The predicted molar refractivity (Wildman–Crippen MR) is 118 cm³/mol. The van der Waals surface area contributed by atoms with Crippen LogP contribution in [0.5, 0.6) is 23.0 Å². The molecule has 1 aliphatic heterocycles. The first-order valence-electron chi connectivity index (χ1n) is 10.2. The van der Waals surface area contributed by atoms with E-state index in [1.807, 2.05) is 6.92 Å². The summed E-state index contributed by atoms with van der Waals surface area (Å²) in [4.78, 5) is 25.4. The van der Waals surface area contributed by atoms with Gasteiger partial charge in [-0.05, 0) is 25.1 Å². The van der Waals surface area contributed by atoms with Crippen LogP contribution in [0.1, 0.15) is 29.2 Å². The van der Waals surface area contributed by atoms with Crippen LogP contribution in [0, 0.1) is 6.92 Å². The molecule has 168 valence electrons. The number of carbonyl (C=O) groups is 1. The molecule has 0 amide bonds. The summed E-state index contributed by atoms with van der Waals surface area (Å²) < 4.78 is 18.3. The third-order valence-electron chi connectivity index (χ3n) is 6.04. The first-order valence-corrected chi connectivity index (χ1v) is 10.2. The van der Waals surface area contributed by atoms with Gasteiger partial charge < -0.3 is 24.1 Å². The minimum atomic E-state index is -0.485. The molecule has 33 heavy (non-hydrogen) atoms. The lowest BCUT2D eigenvalue weighted by Gasteiger charge is -2.25. The van der Waals surface area contributed by atoms with Crippen molar-refractivity contribution in [1.29, 1.82) is 0 Å². The summed E-state index contributed by atoms with van der Waals surface area (Å²) in [5.41, 5.74) is 2.20. The highest BCUT2D eigenvalue weighted by molar-refractivity contribution is 5.93. The molecule has 1 aliphatic rings. The molecule has 0 unspecified atom stereocenters. The Kier molecular flexibility index (Phi) is 4.63. The zero-order valence-corrected chi connectivity index (χ0v) is 18.1. The maximum absolute atomic E-state index is 13.0. The van der Waals surface area contributed by atoms with Gasteiger partial charge in [0.15, 0.2) is 16.9 Å². The normalized spacial score (nSPS) is 15.4. The molecule has 2 aromatic heterocycles. The van der Waals surface area contributed by atoms with Crippen molar-refractivity contribution in [1.82, 2.24) is 9.78 Å². The van der Waals surface area contributed by atoms with E-state index in [1.54, 1.807) is 30.1 Å². The zero-order valence-electron chi connectivity index (χ0n) is 18.1. The number of hydrogen-bond acceptors (Lipinski definition) is 8. The lowest BCUT2D eigenvalue weighted by atomic mass is 9.85. The topological polar surface area (TPSA) is 124 Å². The molecule has 0 saturated carbocycles. The van der Waals surface area contributed by atoms with Crippen molar-refractivity contribution < 1.29 is 28.9 Å². The minimum Gasteiger partial charge on any atom is -0.507 e. The molecular weight excluding hydrogens is 428 g/mol. The van der Waals surface area contributed by atoms with Crippen LogP contribution in [0.25, 0.3) is 22.3 Å². The molecule has 5 rings (SSSR count). The van der Waals surface area contributed by atoms with E-state index in [0.717, 1.165) is 11.3 Å². The minimum absolute atomic E-state index is 0.0141. The second kappa shape index (κ2) is 7.40. The Labute approximate surface area is 187 Å². The molecule has 0 spiro atoms. The SMILES string of the molecule is COc1ccc(-c2cc(=O)c3c(O)cc4c(c3o2)[C@@H](c2cnn(C)c2C)CC(=O)O4)cc1O. The highest BCUT2D eigenvalue weighted by atomic mass is 16.5. The van der Waals surface area contributed by atoms with E-state index in [2.05, 4.69) is 5.10 Å². The Hall–Kier alpha value is -4.27. The van der Waals surface area contributed by atoms with Crippen molar-refractivity contribution in [2.45, 2.75) is 19.3 Å². The summed E-state index contributed by atoms with van der Waals surface area (Å²) in [6.07, 6.45) is 1.70. The molecule has 4 aromatic rings. The highest BCUT2D eigenvalue weighted by Crippen LogP contribution is 2.46. The van der Waals surface area contributed by atoms with E-state index in [1.165, 1.54) is 25.3 Å². The maximum atomic E-state index is 13.0. The number of methoxy groups -OCH3 is 1. The lowest BCUT2D eigenvalue weighted by Crippen LogP contribution is -2.22. The Morgan fingerprint density at radius 3 is 2.61 bits per heavy atom. The largest absolute Gasteiger partial charge is 0.507 e. The van der Waals surface area contributed by atoms with Gasteiger partial charge in [0.25, 0.3) is 0 Å². The van der Waals surface area contributed by atoms with Crippen LogP contribution in [0.4, 0.5) is 0 Å². The molecule has 9 nitrogen and oxygen atoms in total. The number of benzene rings is 2. The highest BCUT2D eigenvalue weighted by Gasteiger charge is 2.35. The average molecular weight is 448 g/mol. The molecule has 0 saturated heterocycles. The zero-order chi connectivity index (χ0) is 23.4. The fourth-order valence-corrected chi connectivity index (χ4v) is 4.27. The average Bonchev–Trinajstić information content (AvgIpc) is 3.10. The van der Waals surface area contributed by atoms with E-state index in [0.29, 0.717) is 11.1 Å². The van der Waals surface area contributed by atoms with Gasteiger partial charge in [-0.1, -0.05) is 0 Å². The molecule has 0 aliphatic carbocycles. The number of phenolic OH excluding ortho intramolecular Hbond substituents is 2. The van der Waals surface area contributed by atoms with Crippen molar-refractivity contribution in [3.63, 3.8) is 0 Å². The van der Waals surface area contributed by atoms with Crippen LogP contribution < -0.4 is 14.9 Å². The number of aryl methyl sites for hydroxylation is 1. The summed E-state index contributed by atoms with van der Waals surface area (Å²) >= 11 is 0. The van der Waals surface area contributed by atoms with Gasteiger partial charge in [-0.25, -0.2) is 0 Å². The van der Waals surface area contributed by atoms with Crippen molar-refractivity contribution in [3.05, 3.63) is 63.6 Å². The number of carbonyl (C=O) groups excluding carboxylic acids is 1. The van der Waals surface area contributed by atoms with Gasteiger partial charge in [0.2, 0.25) is 0 Å². The number of aromatic hydroxyl groups is 2. The van der Waals surface area contributed by atoms with Gasteiger partial charge in [-0.3, -0.25) is 14.3 Å². The summed E-state index contributed by atoms with van der Waals surface area (Å²) in [7, 11) is 3.23. The predicted octanol–water partition coefficient (Wildman–Crippen LogP) is 3.36. The fraction of sp³-hybridized carbons (Fsp3) is 0.208. The molecule has 0 fully saturated rings. The molecule has 0 radical (unpaired) electrons. The van der Waals surface area contributed by atoms with Gasteiger partial charge in [0, 0.05) is 47.5 Å². The summed E-state index contributed by atoms with van der Waals surface area (Å²) in [6, 6.07) is 7.12. The number of rotatable bonds is 3. The monoisotopic (exact) mass is 448 g/mol. The Morgan fingerprint density at radius 2 is 1.94 bits per heavy atom. The summed E-state index contributed by atoms with van der Waals surface area (Å²) in [5.74, 6) is -0.838. The first kappa shape index (κ1) is 20.6. The van der Waals surface area contributed by atoms with Gasteiger partial charge in [0.05, 0.1) is 19.7 Å². The van der Waals surface area contributed by atoms with Gasteiger partial charge in [-0.15, -0.1) is 0 Å². The van der Waals surface area contributed by atoms with E-state index in [-0.39, 0.29) is 46.1 Å². The Morgan fingerprint density at radius 1 is 1.15 bits per heavy atom. The molecule has 1 atom stereocenters. The summed E-state index contributed by atoms with van der Waals surface area (Å²) in [5, 5.41) is 25.0. The molecule has 0 bridgehead atoms. The second-order valence-corrected chi connectivity index (χ2v) is 7.91. The smallest absolute Gasteiger partial charge is 0.312 e. The molecule has 2 N–H and O–H groups in total. The number of fused-ring (bicyclic) bond motifs is 3. The van der Waals surface area contributed by atoms with Crippen molar-refractivity contribution in [3.8, 4) is 34.3 Å². The van der Waals surface area contributed by atoms with Crippen LogP contribution in [0.2, 0.25) is 0 Å². The van der Waals surface area contributed by atoms with Crippen LogP contribution >= 0.6 is 0 Å². The number of hydrogen-bond donors (Lipinski definition) is 2. The number of nitrogens with zero attached hydrogens (tertiary/aromatic N) is 2. The van der Waals surface area contributed by atoms with Crippen LogP contribution in [-0.2, 0) is 11.8 Å². The van der Waals surface area contributed by atoms with E-state index in [4.69, 9.17) is 13.9 Å². The van der Waals surface area contributed by atoms with Crippen molar-refractivity contribution >= 4 is 16.9 Å². The number of ether oxygens (including phenoxy) is 2. The quantitative estimate of drug-likeness (QED) is 0.361. The third kappa shape index (κ3) is 3.20. The Bertz CT molecular complexity index is 1500. The molecule has 9 heteroatoms. The molecule has 2 aromatic carbocycles. The van der Waals surface area contributed by atoms with Crippen molar-refractivity contribution in [2.24, 2.45) is 7.05 Å². The van der Waals surface area contributed by atoms with E-state index >= 15 is 0 Å². The summed E-state index contributed by atoms with van der Waals surface area (Å²) in [6.45, 7) is 1.88. The van der Waals surface area contributed by atoms with Crippen molar-refractivity contribution in [2.75, 3.05) is 7.11 Å². The van der Waals surface area contributed by atoms with Gasteiger partial charge >= 0.3 is 5.97 Å². The van der Waals surface area contributed by atoms with Crippen LogP contribution in [-0.4, -0.2) is 33.1 Å². The van der Waals surface area contributed by atoms with Gasteiger partial charge in [0.1, 0.15) is 28.2 Å². The number of esters is 1. The second-order valence-electron chi connectivity index (χ2n) is 7.91. The van der Waals surface area contributed by atoms with E-state index in [9.17, 15) is 19.8 Å². The van der Waals surface area contributed by atoms with Crippen LogP contribution in [0.15, 0.2) is 45.7 Å². The number of phenols is 2. The molecular formula is C24H20N2O7. The van der Waals surface area contributed by atoms with Crippen LogP contribution in [0.3, 0.4) is 0 Å². The third-order valence-corrected chi connectivity index (χ3v) is 6.04. The number of aromatic nitrogens is 2. The lowest BCUT2D eigenvalue weighted by molar-refractivity contribution is -0.135.